The van der Waals surface area contributed by atoms with Crippen molar-refractivity contribution in [2.45, 2.75) is 6.92 Å². The van der Waals surface area contributed by atoms with E-state index in [1.165, 1.54) is 0 Å². The van der Waals surface area contributed by atoms with E-state index in [9.17, 15) is 9.59 Å². The number of hydrogen-bond acceptors (Lipinski definition) is 4. The van der Waals surface area contributed by atoms with Crippen LogP contribution in [0.25, 0.3) is 0 Å². The lowest BCUT2D eigenvalue weighted by atomic mass is 10.5. The highest BCUT2D eigenvalue weighted by molar-refractivity contribution is 6.15. The van der Waals surface area contributed by atoms with Crippen LogP contribution in [-0.4, -0.2) is 18.5 Å². The highest BCUT2D eigenvalue weighted by Gasteiger charge is 1.97. The molecule has 0 aliphatic rings. The Morgan fingerprint density at radius 2 is 1.91 bits per heavy atom. The molecule has 0 aromatic heterocycles. The minimum Gasteiger partial charge on any atom is -0.463 e. The van der Waals surface area contributed by atoms with Gasteiger partial charge in [0.25, 0.3) is 0 Å². The van der Waals surface area contributed by atoms with E-state index in [1.807, 2.05) is 0 Å². The van der Waals surface area contributed by atoms with Crippen LogP contribution in [0.5, 0.6) is 0 Å². The molecule has 0 bridgehead atoms. The molecule has 4 nitrogen and oxygen atoms in total. The van der Waals surface area contributed by atoms with Gasteiger partial charge in [-0.3, -0.25) is 0 Å². The number of rotatable bonds is 3. The van der Waals surface area contributed by atoms with Gasteiger partial charge in [-0.05, 0) is 6.92 Å². The lowest BCUT2D eigenvalue weighted by molar-refractivity contribution is -0.137. The standard InChI is InChI=1S/C6H7ClO4/c1-2-10-5(8)3-4-6(9)11-7/h3-4H,2H2,1H3. The van der Waals surface area contributed by atoms with Crippen LogP contribution in [0.4, 0.5) is 0 Å². The van der Waals surface area contributed by atoms with Crippen molar-refractivity contribution in [1.29, 1.82) is 0 Å². The van der Waals surface area contributed by atoms with Gasteiger partial charge in [0.1, 0.15) is 11.9 Å². The van der Waals surface area contributed by atoms with E-state index in [4.69, 9.17) is 0 Å². The van der Waals surface area contributed by atoms with Crippen LogP contribution in [0.2, 0.25) is 0 Å². The zero-order valence-electron chi connectivity index (χ0n) is 5.87. The Morgan fingerprint density at radius 3 is 2.36 bits per heavy atom. The topological polar surface area (TPSA) is 52.6 Å². The monoisotopic (exact) mass is 178 g/mol. The predicted octanol–water partition coefficient (Wildman–Crippen LogP) is 0.803. The summed E-state index contributed by atoms with van der Waals surface area (Å²) in [6.45, 7) is 1.92. The number of hydrogen-bond donors (Lipinski definition) is 0. The molecule has 5 heteroatoms. The fraction of sp³-hybridized carbons (Fsp3) is 0.333. The van der Waals surface area contributed by atoms with E-state index in [0.717, 1.165) is 12.2 Å². The van der Waals surface area contributed by atoms with Crippen molar-refractivity contribution in [1.82, 2.24) is 0 Å². The predicted molar refractivity (Wildman–Crippen MR) is 37.7 cm³/mol. The highest BCUT2D eigenvalue weighted by Crippen LogP contribution is 1.86. The van der Waals surface area contributed by atoms with Crippen LogP contribution >= 0.6 is 11.9 Å². The molecule has 11 heavy (non-hydrogen) atoms. The van der Waals surface area contributed by atoms with Crippen molar-refractivity contribution in [2.75, 3.05) is 6.61 Å². The second kappa shape index (κ2) is 5.73. The molecular weight excluding hydrogens is 172 g/mol. The van der Waals surface area contributed by atoms with Gasteiger partial charge in [0, 0.05) is 12.2 Å². The minimum absolute atomic E-state index is 0.263. The van der Waals surface area contributed by atoms with Gasteiger partial charge < -0.3 is 9.03 Å². The third-order valence-corrected chi connectivity index (χ3v) is 0.870. The summed E-state index contributed by atoms with van der Waals surface area (Å²) in [7, 11) is 0. The normalized spacial score (nSPS) is 9.64. The largest absolute Gasteiger partial charge is 0.463 e. The van der Waals surface area contributed by atoms with Crippen LogP contribution in [-0.2, 0) is 18.6 Å². The first-order valence-corrected chi connectivity index (χ1v) is 3.19. The van der Waals surface area contributed by atoms with E-state index in [2.05, 4.69) is 20.9 Å². The van der Waals surface area contributed by atoms with Crippen LogP contribution in [0.1, 0.15) is 6.92 Å². The Balaban J connectivity index is 3.73. The highest BCUT2D eigenvalue weighted by atomic mass is 35.5. The quantitative estimate of drug-likeness (QED) is 0.474. The molecule has 0 saturated carbocycles. The third kappa shape index (κ3) is 5.42. The molecule has 0 aliphatic carbocycles. The summed E-state index contributed by atoms with van der Waals surface area (Å²) in [6.07, 6.45) is 1.82. The van der Waals surface area contributed by atoms with Gasteiger partial charge in [0.15, 0.2) is 0 Å². The molecule has 0 N–H and O–H groups in total. The molecule has 0 spiro atoms. The van der Waals surface area contributed by atoms with Crippen LogP contribution in [0, 0.1) is 0 Å². The molecule has 0 aliphatic heterocycles. The first-order valence-electron chi connectivity index (χ1n) is 2.88. The SMILES string of the molecule is CCOC(=O)C=CC(=O)OCl. The molecule has 0 radical (unpaired) electrons. The van der Waals surface area contributed by atoms with Gasteiger partial charge in [-0.2, -0.15) is 0 Å². The van der Waals surface area contributed by atoms with Crippen molar-refractivity contribution in [2.24, 2.45) is 0 Å². The Bertz CT molecular complexity index is 175. The summed E-state index contributed by atoms with van der Waals surface area (Å²) >= 11 is 4.66. The summed E-state index contributed by atoms with van der Waals surface area (Å²) in [6, 6.07) is 0. The Labute approximate surface area is 68.9 Å². The maximum absolute atomic E-state index is 10.5. The van der Waals surface area contributed by atoms with Gasteiger partial charge in [-0.15, -0.1) is 0 Å². The first-order chi connectivity index (χ1) is 5.20. The van der Waals surface area contributed by atoms with Crippen LogP contribution in [0.15, 0.2) is 12.2 Å². The Kier molecular flexibility index (Phi) is 5.20. The van der Waals surface area contributed by atoms with E-state index >= 15 is 0 Å². The van der Waals surface area contributed by atoms with Gasteiger partial charge >= 0.3 is 11.9 Å². The van der Waals surface area contributed by atoms with Crippen molar-refractivity contribution >= 4 is 23.8 Å². The molecule has 0 saturated heterocycles. The molecule has 0 atom stereocenters. The van der Waals surface area contributed by atoms with E-state index in [1.54, 1.807) is 6.92 Å². The number of halogens is 1. The third-order valence-electron chi connectivity index (χ3n) is 0.718. The van der Waals surface area contributed by atoms with Crippen LogP contribution < -0.4 is 0 Å². The number of carbonyl (C=O) groups is 2. The Hall–Kier alpha value is -1.03. The van der Waals surface area contributed by atoms with E-state index < -0.39 is 11.9 Å². The second-order valence-electron chi connectivity index (χ2n) is 1.48. The molecule has 0 amide bonds. The molecule has 0 aromatic carbocycles. The smallest absolute Gasteiger partial charge is 0.349 e. The fourth-order valence-corrected chi connectivity index (χ4v) is 0.404. The molecule has 0 unspecified atom stereocenters. The average molecular weight is 179 g/mol. The molecular formula is C6H7ClO4. The van der Waals surface area contributed by atoms with Crippen molar-refractivity contribution in [3.8, 4) is 0 Å². The van der Waals surface area contributed by atoms with E-state index in [0.29, 0.717) is 0 Å². The molecule has 0 rings (SSSR count). The van der Waals surface area contributed by atoms with E-state index in [-0.39, 0.29) is 6.61 Å². The zero-order chi connectivity index (χ0) is 8.69. The summed E-state index contributed by atoms with van der Waals surface area (Å²) in [5.41, 5.74) is 0. The molecule has 62 valence electrons. The van der Waals surface area contributed by atoms with Gasteiger partial charge in [0.2, 0.25) is 0 Å². The summed E-state index contributed by atoms with van der Waals surface area (Å²) < 4.78 is 8.18. The second-order valence-corrected chi connectivity index (χ2v) is 1.64. The minimum atomic E-state index is -0.806. The average Bonchev–Trinajstić information content (AvgIpc) is 2.01. The molecule has 0 fully saturated rings. The van der Waals surface area contributed by atoms with Crippen molar-refractivity contribution in [3.05, 3.63) is 12.2 Å². The lowest BCUT2D eigenvalue weighted by Crippen LogP contribution is -2.00. The zero-order valence-corrected chi connectivity index (χ0v) is 6.63. The van der Waals surface area contributed by atoms with Gasteiger partial charge in [0.05, 0.1) is 6.61 Å². The maximum atomic E-state index is 10.5. The summed E-state index contributed by atoms with van der Waals surface area (Å²) in [5.74, 6) is -1.41. The number of ether oxygens (including phenoxy) is 1. The maximum Gasteiger partial charge on any atom is 0.349 e. The van der Waals surface area contributed by atoms with Gasteiger partial charge in [-0.1, -0.05) is 0 Å². The summed E-state index contributed by atoms with van der Waals surface area (Å²) in [4.78, 5) is 20.8. The lowest BCUT2D eigenvalue weighted by Gasteiger charge is -1.92. The molecule has 0 heterocycles. The van der Waals surface area contributed by atoms with Crippen molar-refractivity contribution in [3.63, 3.8) is 0 Å². The van der Waals surface area contributed by atoms with Gasteiger partial charge in [-0.25, -0.2) is 9.59 Å². The van der Waals surface area contributed by atoms with Crippen molar-refractivity contribution < 1.29 is 18.6 Å². The Morgan fingerprint density at radius 1 is 1.36 bits per heavy atom. The molecule has 0 aromatic rings. The first kappa shape index (κ1) is 9.97. The number of esters is 1. The fourth-order valence-electron chi connectivity index (χ4n) is 0.352. The number of carbonyl (C=O) groups excluding carboxylic acids is 2. The van der Waals surface area contributed by atoms with Crippen LogP contribution in [0.3, 0.4) is 0 Å². The summed E-state index contributed by atoms with van der Waals surface area (Å²) in [5, 5.41) is 0.